The first kappa shape index (κ1) is 6.63. The van der Waals surface area contributed by atoms with Crippen LogP contribution in [0.25, 0.3) is 0 Å². The first-order chi connectivity index (χ1) is 4.75. The molecule has 1 rings (SSSR count). The largest absolute Gasteiger partial charge is 0.397 e. The van der Waals surface area contributed by atoms with E-state index in [1.165, 1.54) is 0 Å². The molecule has 50 valence electrons. The second-order valence-corrected chi connectivity index (χ2v) is 2.15. The van der Waals surface area contributed by atoms with Crippen molar-refractivity contribution in [3.63, 3.8) is 0 Å². The third kappa shape index (κ3) is 0.939. The van der Waals surface area contributed by atoms with Crippen LogP contribution in [0.4, 0.5) is 5.69 Å². The number of anilines is 1. The molecule has 1 aromatic rings. The lowest BCUT2D eigenvalue weighted by atomic mass is 10.1. The van der Waals surface area contributed by atoms with E-state index < -0.39 is 0 Å². The lowest BCUT2D eigenvalue weighted by molar-refractivity contribution is 1.42. The lowest BCUT2D eigenvalue weighted by Gasteiger charge is -1.98. The predicted octanol–water partition coefficient (Wildman–Crippen LogP) is 1.45. The van der Waals surface area contributed by atoms with Gasteiger partial charge in [-0.1, -0.05) is 12.1 Å². The number of benzene rings is 1. The number of nitrogen functional groups attached to an aromatic ring is 1. The standard InChI is InChI=1S/C8H8N2/c1-6-3-2-4-7(5-9)8(6)10/h2-4H,10H2,1H3. The van der Waals surface area contributed by atoms with Crippen LogP contribution in [-0.2, 0) is 0 Å². The van der Waals surface area contributed by atoms with Crippen LogP contribution in [-0.4, -0.2) is 0 Å². The summed E-state index contributed by atoms with van der Waals surface area (Å²) in [5, 5.41) is 8.51. The molecule has 0 saturated carbocycles. The van der Waals surface area contributed by atoms with Crippen molar-refractivity contribution in [2.75, 3.05) is 5.73 Å². The van der Waals surface area contributed by atoms with Gasteiger partial charge in [0.05, 0.1) is 11.3 Å². The minimum absolute atomic E-state index is 0.556. The fourth-order valence-electron chi connectivity index (χ4n) is 0.778. The number of hydrogen-bond donors (Lipinski definition) is 1. The Balaban J connectivity index is 3.31. The highest BCUT2D eigenvalue weighted by atomic mass is 14.6. The summed E-state index contributed by atoms with van der Waals surface area (Å²) >= 11 is 0. The third-order valence-corrected chi connectivity index (χ3v) is 1.44. The van der Waals surface area contributed by atoms with Gasteiger partial charge < -0.3 is 5.73 Å². The van der Waals surface area contributed by atoms with Gasteiger partial charge in [0.1, 0.15) is 6.07 Å². The van der Waals surface area contributed by atoms with E-state index in [0.717, 1.165) is 5.56 Å². The molecule has 0 spiro atoms. The summed E-state index contributed by atoms with van der Waals surface area (Å²) < 4.78 is 0. The Labute approximate surface area is 59.9 Å². The number of rotatable bonds is 0. The molecule has 1 aromatic carbocycles. The van der Waals surface area contributed by atoms with Crippen LogP contribution in [0.15, 0.2) is 18.2 Å². The van der Waals surface area contributed by atoms with Crippen LogP contribution >= 0.6 is 0 Å². The molecule has 0 heterocycles. The monoisotopic (exact) mass is 132 g/mol. The van der Waals surface area contributed by atoms with Crippen molar-refractivity contribution >= 4 is 5.69 Å². The van der Waals surface area contributed by atoms with E-state index in [9.17, 15) is 0 Å². The molecule has 0 radical (unpaired) electrons. The molecule has 2 nitrogen and oxygen atoms in total. The smallest absolute Gasteiger partial charge is 0.101 e. The van der Waals surface area contributed by atoms with Gasteiger partial charge >= 0.3 is 0 Å². The molecule has 0 amide bonds. The zero-order chi connectivity index (χ0) is 7.56. The highest BCUT2D eigenvalue weighted by molar-refractivity contribution is 5.58. The highest BCUT2D eigenvalue weighted by Gasteiger charge is 1.97. The molecule has 0 bridgehead atoms. The third-order valence-electron chi connectivity index (χ3n) is 1.44. The first-order valence-corrected chi connectivity index (χ1v) is 3.01. The Morgan fingerprint density at radius 1 is 1.50 bits per heavy atom. The van der Waals surface area contributed by atoms with Crippen molar-refractivity contribution in [1.29, 1.82) is 5.26 Å². The normalized spacial score (nSPS) is 8.80. The second-order valence-electron chi connectivity index (χ2n) is 2.15. The Bertz CT molecular complexity index is 284. The summed E-state index contributed by atoms with van der Waals surface area (Å²) in [6, 6.07) is 7.43. The van der Waals surface area contributed by atoms with Crippen molar-refractivity contribution in [2.45, 2.75) is 6.92 Å². The van der Waals surface area contributed by atoms with E-state index in [2.05, 4.69) is 0 Å². The highest BCUT2D eigenvalue weighted by Crippen LogP contribution is 2.14. The average molecular weight is 132 g/mol. The van der Waals surface area contributed by atoms with Gasteiger partial charge in [0.2, 0.25) is 0 Å². The molecule has 0 aliphatic heterocycles. The number of nitrogens with two attached hydrogens (primary N) is 1. The second kappa shape index (κ2) is 2.40. The van der Waals surface area contributed by atoms with Gasteiger partial charge in [0, 0.05) is 0 Å². The van der Waals surface area contributed by atoms with E-state index in [1.54, 1.807) is 6.07 Å². The van der Waals surface area contributed by atoms with E-state index in [0.29, 0.717) is 11.3 Å². The minimum atomic E-state index is 0.556. The molecule has 10 heavy (non-hydrogen) atoms. The lowest BCUT2D eigenvalue weighted by Crippen LogP contribution is -1.92. The summed E-state index contributed by atoms with van der Waals surface area (Å²) in [6.45, 7) is 1.89. The zero-order valence-electron chi connectivity index (χ0n) is 5.76. The number of nitriles is 1. The van der Waals surface area contributed by atoms with Gasteiger partial charge in [-0.05, 0) is 18.6 Å². The minimum Gasteiger partial charge on any atom is -0.397 e. The number of nitrogens with zero attached hydrogens (tertiary/aromatic N) is 1. The molecular weight excluding hydrogens is 124 g/mol. The van der Waals surface area contributed by atoms with Crippen molar-refractivity contribution in [3.05, 3.63) is 29.3 Å². The molecule has 0 saturated heterocycles. The molecule has 0 fully saturated rings. The molecule has 0 aromatic heterocycles. The fourth-order valence-corrected chi connectivity index (χ4v) is 0.778. The van der Waals surface area contributed by atoms with Crippen LogP contribution in [0.1, 0.15) is 11.1 Å². The van der Waals surface area contributed by atoms with Crippen molar-refractivity contribution in [3.8, 4) is 6.07 Å². The van der Waals surface area contributed by atoms with Crippen molar-refractivity contribution < 1.29 is 0 Å². The maximum absolute atomic E-state index is 8.51. The van der Waals surface area contributed by atoms with Gasteiger partial charge in [-0.25, -0.2) is 0 Å². The van der Waals surface area contributed by atoms with Crippen LogP contribution in [0, 0.1) is 18.3 Å². The van der Waals surface area contributed by atoms with Crippen LogP contribution < -0.4 is 5.73 Å². The predicted molar refractivity (Wildman–Crippen MR) is 40.3 cm³/mol. The molecule has 0 unspecified atom stereocenters. The number of hydrogen-bond acceptors (Lipinski definition) is 2. The summed E-state index contributed by atoms with van der Waals surface area (Å²) in [4.78, 5) is 0. The number of para-hydroxylation sites is 1. The molecule has 0 aliphatic carbocycles. The van der Waals surface area contributed by atoms with E-state index in [1.807, 2.05) is 25.1 Å². The van der Waals surface area contributed by atoms with Gasteiger partial charge in [-0.15, -0.1) is 0 Å². The molecule has 0 atom stereocenters. The Hall–Kier alpha value is -1.49. The van der Waals surface area contributed by atoms with Gasteiger partial charge in [0.15, 0.2) is 0 Å². The first-order valence-electron chi connectivity index (χ1n) is 3.01. The van der Waals surface area contributed by atoms with Gasteiger partial charge in [0.25, 0.3) is 0 Å². The van der Waals surface area contributed by atoms with Crippen LogP contribution in [0.3, 0.4) is 0 Å². The summed E-state index contributed by atoms with van der Waals surface area (Å²) in [7, 11) is 0. The maximum Gasteiger partial charge on any atom is 0.101 e. The summed E-state index contributed by atoms with van der Waals surface area (Å²) in [6.07, 6.45) is 0. The fraction of sp³-hybridized carbons (Fsp3) is 0.125. The van der Waals surface area contributed by atoms with Gasteiger partial charge in [-0.2, -0.15) is 5.26 Å². The van der Waals surface area contributed by atoms with Crippen molar-refractivity contribution in [1.82, 2.24) is 0 Å². The van der Waals surface area contributed by atoms with Crippen molar-refractivity contribution in [2.24, 2.45) is 0 Å². The Morgan fingerprint density at radius 2 is 2.20 bits per heavy atom. The maximum atomic E-state index is 8.51. The zero-order valence-corrected chi connectivity index (χ0v) is 5.76. The van der Waals surface area contributed by atoms with Gasteiger partial charge in [-0.3, -0.25) is 0 Å². The Kier molecular flexibility index (Phi) is 1.59. The van der Waals surface area contributed by atoms with E-state index in [4.69, 9.17) is 11.0 Å². The van der Waals surface area contributed by atoms with E-state index in [-0.39, 0.29) is 0 Å². The Morgan fingerprint density at radius 3 is 2.70 bits per heavy atom. The number of aryl methyl sites for hydroxylation is 1. The quantitative estimate of drug-likeness (QED) is 0.543. The molecular formula is C8H8N2. The average Bonchev–Trinajstić information content (AvgIpc) is 1.95. The topological polar surface area (TPSA) is 49.8 Å². The SMILES string of the molecule is Cc1cccc(C#N)c1N. The summed E-state index contributed by atoms with van der Waals surface area (Å²) in [5.74, 6) is 0. The van der Waals surface area contributed by atoms with E-state index >= 15 is 0 Å². The van der Waals surface area contributed by atoms with Crippen LogP contribution in [0.5, 0.6) is 0 Å². The summed E-state index contributed by atoms with van der Waals surface area (Å²) in [5.41, 5.74) is 7.67. The molecule has 0 aliphatic rings. The molecule has 2 N–H and O–H groups in total. The van der Waals surface area contributed by atoms with Crippen LogP contribution in [0.2, 0.25) is 0 Å². The molecule has 2 heteroatoms.